The zero-order chi connectivity index (χ0) is 27.4. The molecule has 39 heavy (non-hydrogen) atoms. The largest absolute Gasteiger partial charge is 0.480 e. The van der Waals surface area contributed by atoms with Crippen molar-refractivity contribution in [3.63, 3.8) is 0 Å². The number of carboxylic acid groups (broad SMARTS) is 1. The van der Waals surface area contributed by atoms with Crippen molar-refractivity contribution in [2.45, 2.75) is 69.2 Å². The Morgan fingerprint density at radius 2 is 1.85 bits per heavy atom. The van der Waals surface area contributed by atoms with E-state index in [-0.39, 0.29) is 35.7 Å². The van der Waals surface area contributed by atoms with Crippen LogP contribution in [0.25, 0.3) is 0 Å². The lowest BCUT2D eigenvalue weighted by molar-refractivity contribution is -0.144. The van der Waals surface area contributed by atoms with Crippen molar-refractivity contribution < 1.29 is 23.1 Å². The van der Waals surface area contributed by atoms with Gasteiger partial charge in [0.15, 0.2) is 0 Å². The number of rotatable bonds is 11. The van der Waals surface area contributed by atoms with Crippen molar-refractivity contribution in [3.8, 4) is 0 Å². The first-order chi connectivity index (χ1) is 18.8. The van der Waals surface area contributed by atoms with Crippen LogP contribution in [0, 0.1) is 23.6 Å². The van der Waals surface area contributed by atoms with Gasteiger partial charge in [0, 0.05) is 38.2 Å². The highest BCUT2D eigenvalue weighted by molar-refractivity contribution is 5.73. The van der Waals surface area contributed by atoms with Gasteiger partial charge in [-0.3, -0.25) is 14.7 Å². The molecule has 5 nitrogen and oxygen atoms in total. The standard InChI is InChI=1S/C31H40F3N3O2/c32-26-8-4-7-24(18-26)27-21-37(28(30(38)39)17-23-5-3-6-23)20-25(27)19-36-15-11-22(12-16-36)10-13-31(33,34)29-9-1-2-14-35-29/h1-2,4,7-9,14,18,22-23,25,27-28H,3,5-6,10-13,15-17,19-21H2,(H,38,39)/t25-,27+,28+/m0/s1. The van der Waals surface area contributed by atoms with Crippen LogP contribution in [0.3, 0.4) is 0 Å². The van der Waals surface area contributed by atoms with E-state index < -0.39 is 17.9 Å². The van der Waals surface area contributed by atoms with E-state index in [2.05, 4.69) is 14.8 Å². The molecule has 1 aromatic carbocycles. The number of carbonyl (C=O) groups is 1. The minimum Gasteiger partial charge on any atom is -0.480 e. The Hall–Kier alpha value is -2.45. The lowest BCUT2D eigenvalue weighted by Crippen LogP contribution is -2.43. The van der Waals surface area contributed by atoms with Gasteiger partial charge in [0.1, 0.15) is 17.6 Å². The predicted molar refractivity (Wildman–Crippen MR) is 144 cm³/mol. The lowest BCUT2D eigenvalue weighted by Gasteiger charge is -2.35. The Morgan fingerprint density at radius 1 is 1.05 bits per heavy atom. The van der Waals surface area contributed by atoms with E-state index in [1.165, 1.54) is 24.8 Å². The van der Waals surface area contributed by atoms with Crippen LogP contribution >= 0.6 is 0 Å². The van der Waals surface area contributed by atoms with Gasteiger partial charge in [-0.05, 0) is 86.4 Å². The summed E-state index contributed by atoms with van der Waals surface area (Å²) < 4.78 is 43.4. The normalized spacial score (nSPS) is 24.5. The van der Waals surface area contributed by atoms with Crippen molar-refractivity contribution >= 4 is 5.97 Å². The Morgan fingerprint density at radius 3 is 2.49 bits per heavy atom. The topological polar surface area (TPSA) is 56.7 Å². The summed E-state index contributed by atoms with van der Waals surface area (Å²) in [6.45, 7) is 3.80. The van der Waals surface area contributed by atoms with Crippen LogP contribution in [0.5, 0.6) is 0 Å². The number of aromatic nitrogens is 1. The van der Waals surface area contributed by atoms with Crippen LogP contribution in [0.4, 0.5) is 13.2 Å². The van der Waals surface area contributed by atoms with Crippen LogP contribution in [0.15, 0.2) is 48.7 Å². The molecule has 1 aliphatic carbocycles. The SMILES string of the molecule is O=C(O)[C@@H](CC1CCC1)N1C[C@H](CN2CCC(CCC(F)(F)c3ccccn3)CC2)[C@@H](c2cccc(F)c2)C1. The molecule has 3 heterocycles. The molecule has 0 bridgehead atoms. The van der Waals surface area contributed by atoms with Gasteiger partial charge >= 0.3 is 5.97 Å². The van der Waals surface area contributed by atoms with Gasteiger partial charge in [0.25, 0.3) is 5.92 Å². The summed E-state index contributed by atoms with van der Waals surface area (Å²) in [5.41, 5.74) is 0.774. The van der Waals surface area contributed by atoms with Crippen molar-refractivity contribution in [2.24, 2.45) is 17.8 Å². The molecule has 3 aliphatic rings. The molecule has 212 valence electrons. The van der Waals surface area contributed by atoms with Gasteiger partial charge in [0.05, 0.1) is 0 Å². The Bertz CT molecular complexity index is 1090. The van der Waals surface area contributed by atoms with Crippen molar-refractivity contribution in [1.29, 1.82) is 0 Å². The Kier molecular flexibility index (Phi) is 8.92. The van der Waals surface area contributed by atoms with Gasteiger partial charge in [-0.1, -0.05) is 37.5 Å². The third-order valence-electron chi connectivity index (χ3n) is 9.36. The van der Waals surface area contributed by atoms with Gasteiger partial charge in [0.2, 0.25) is 0 Å². The van der Waals surface area contributed by atoms with Gasteiger partial charge < -0.3 is 10.0 Å². The molecule has 0 radical (unpaired) electrons. The van der Waals surface area contributed by atoms with E-state index in [0.717, 1.165) is 50.9 Å². The highest BCUT2D eigenvalue weighted by Crippen LogP contribution is 2.39. The number of alkyl halides is 2. The van der Waals surface area contributed by atoms with Crippen LogP contribution in [0.1, 0.15) is 68.5 Å². The fourth-order valence-electron chi connectivity index (χ4n) is 6.79. The first-order valence-electron chi connectivity index (χ1n) is 14.5. The third kappa shape index (κ3) is 7.01. The summed E-state index contributed by atoms with van der Waals surface area (Å²) in [5, 5.41) is 10.1. The van der Waals surface area contributed by atoms with Crippen LogP contribution < -0.4 is 0 Å². The highest BCUT2D eigenvalue weighted by Gasteiger charge is 2.42. The van der Waals surface area contributed by atoms with Gasteiger partial charge in [-0.15, -0.1) is 0 Å². The molecule has 1 aromatic heterocycles. The van der Waals surface area contributed by atoms with Gasteiger partial charge in [-0.2, -0.15) is 8.78 Å². The lowest BCUT2D eigenvalue weighted by atomic mass is 9.80. The molecule has 0 spiro atoms. The second-order valence-electron chi connectivity index (χ2n) is 12.0. The summed E-state index contributed by atoms with van der Waals surface area (Å²) in [6, 6.07) is 10.9. The van der Waals surface area contributed by atoms with Crippen molar-refractivity contribution in [2.75, 3.05) is 32.7 Å². The number of nitrogens with zero attached hydrogens (tertiary/aromatic N) is 3. The first kappa shape index (κ1) is 28.1. The van der Waals surface area contributed by atoms with Crippen molar-refractivity contribution in [3.05, 3.63) is 65.7 Å². The molecule has 0 unspecified atom stereocenters. The first-order valence-corrected chi connectivity index (χ1v) is 14.5. The average molecular weight is 544 g/mol. The monoisotopic (exact) mass is 543 g/mol. The molecule has 1 N–H and O–H groups in total. The third-order valence-corrected chi connectivity index (χ3v) is 9.36. The molecule has 8 heteroatoms. The number of hydrogen-bond acceptors (Lipinski definition) is 4. The minimum atomic E-state index is -2.91. The van der Waals surface area contributed by atoms with Crippen LogP contribution in [0.2, 0.25) is 0 Å². The van der Waals surface area contributed by atoms with E-state index in [1.807, 2.05) is 6.07 Å². The van der Waals surface area contributed by atoms with E-state index in [1.54, 1.807) is 24.3 Å². The van der Waals surface area contributed by atoms with Crippen molar-refractivity contribution in [1.82, 2.24) is 14.8 Å². The molecule has 2 saturated heterocycles. The molecule has 1 saturated carbocycles. The number of pyridine rings is 1. The molecule has 5 rings (SSSR count). The maximum absolute atomic E-state index is 14.6. The maximum atomic E-state index is 14.6. The maximum Gasteiger partial charge on any atom is 0.320 e. The summed E-state index contributed by atoms with van der Waals surface area (Å²) in [5.74, 6) is -2.93. The number of aliphatic carboxylic acids is 1. The fourth-order valence-corrected chi connectivity index (χ4v) is 6.79. The van der Waals surface area contributed by atoms with E-state index in [0.29, 0.717) is 31.8 Å². The summed E-state index contributed by atoms with van der Waals surface area (Å²) in [4.78, 5) is 20.6. The minimum absolute atomic E-state index is 0.0683. The van der Waals surface area contributed by atoms with Gasteiger partial charge in [-0.25, -0.2) is 4.39 Å². The fraction of sp³-hybridized carbons (Fsp3) is 0.613. The Labute approximate surface area is 229 Å². The van der Waals surface area contributed by atoms with E-state index >= 15 is 0 Å². The zero-order valence-electron chi connectivity index (χ0n) is 22.5. The number of halogens is 3. The molecule has 3 atom stereocenters. The second kappa shape index (κ2) is 12.4. The molecule has 0 amide bonds. The molecule has 3 fully saturated rings. The number of hydrogen-bond donors (Lipinski definition) is 1. The summed E-state index contributed by atoms with van der Waals surface area (Å²) in [7, 11) is 0. The number of piperidine rings is 1. The molecule has 2 aliphatic heterocycles. The molecular formula is C31H40F3N3O2. The van der Waals surface area contributed by atoms with E-state index in [9.17, 15) is 23.1 Å². The summed E-state index contributed by atoms with van der Waals surface area (Å²) in [6.07, 6.45) is 7.53. The zero-order valence-corrected chi connectivity index (χ0v) is 22.5. The quantitative estimate of drug-likeness (QED) is 0.368. The molecular weight excluding hydrogens is 503 g/mol. The smallest absolute Gasteiger partial charge is 0.320 e. The molecule has 2 aromatic rings. The second-order valence-corrected chi connectivity index (χ2v) is 12.0. The number of benzene rings is 1. The number of carboxylic acids is 1. The highest BCUT2D eigenvalue weighted by atomic mass is 19.3. The van der Waals surface area contributed by atoms with Crippen LogP contribution in [-0.2, 0) is 10.7 Å². The summed E-state index contributed by atoms with van der Waals surface area (Å²) >= 11 is 0. The van der Waals surface area contributed by atoms with Crippen LogP contribution in [-0.4, -0.2) is 64.6 Å². The average Bonchev–Trinajstić information content (AvgIpc) is 3.31. The van der Waals surface area contributed by atoms with E-state index in [4.69, 9.17) is 0 Å². The predicted octanol–water partition coefficient (Wildman–Crippen LogP) is 6.16. The number of likely N-dealkylation sites (tertiary alicyclic amines) is 2. The Balaban J connectivity index is 1.19.